The molecule has 0 spiro atoms. The summed E-state index contributed by atoms with van der Waals surface area (Å²) in [6, 6.07) is 7.68. The second-order valence-corrected chi connectivity index (χ2v) is 7.16. The standard InChI is InChI=1S/C16H19NO4S/c1-10(2)22-13-8-6-5-7-12(13)17-9-11-14(18)20-16(3,4)21-15(11)19/h5-10,17H,1-4H3. The molecule has 0 amide bonds. The predicted molar refractivity (Wildman–Crippen MR) is 85.4 cm³/mol. The number of esters is 2. The van der Waals surface area contributed by atoms with Gasteiger partial charge in [-0.05, 0) is 12.1 Å². The third-order valence-electron chi connectivity index (χ3n) is 2.74. The molecule has 1 aromatic carbocycles. The first-order valence-corrected chi connectivity index (χ1v) is 7.85. The molecule has 1 aromatic rings. The van der Waals surface area contributed by atoms with Gasteiger partial charge in [0, 0.05) is 30.2 Å². The molecular formula is C16H19NO4S. The van der Waals surface area contributed by atoms with Crippen molar-refractivity contribution in [3.8, 4) is 0 Å². The van der Waals surface area contributed by atoms with Gasteiger partial charge >= 0.3 is 11.9 Å². The fourth-order valence-corrected chi connectivity index (χ4v) is 2.79. The van der Waals surface area contributed by atoms with Crippen molar-refractivity contribution >= 4 is 29.4 Å². The monoisotopic (exact) mass is 321 g/mol. The van der Waals surface area contributed by atoms with Crippen LogP contribution in [0.15, 0.2) is 40.9 Å². The third-order valence-corrected chi connectivity index (χ3v) is 3.82. The molecule has 0 aliphatic carbocycles. The second-order valence-electron chi connectivity index (χ2n) is 5.54. The third kappa shape index (κ3) is 4.04. The molecule has 0 bridgehead atoms. The van der Waals surface area contributed by atoms with Gasteiger partial charge in [0.1, 0.15) is 0 Å². The number of carbonyl (C=O) groups excluding carboxylic acids is 2. The van der Waals surface area contributed by atoms with Crippen LogP contribution in [-0.2, 0) is 19.1 Å². The Morgan fingerprint density at radius 3 is 2.32 bits per heavy atom. The summed E-state index contributed by atoms with van der Waals surface area (Å²) in [5, 5.41) is 3.41. The smallest absolute Gasteiger partial charge is 0.350 e. The molecule has 22 heavy (non-hydrogen) atoms. The summed E-state index contributed by atoms with van der Waals surface area (Å²) in [5.74, 6) is -2.61. The van der Waals surface area contributed by atoms with Crippen molar-refractivity contribution < 1.29 is 19.1 Å². The minimum atomic E-state index is -1.23. The molecule has 0 radical (unpaired) electrons. The molecule has 0 saturated carbocycles. The van der Waals surface area contributed by atoms with Crippen LogP contribution in [0.3, 0.4) is 0 Å². The summed E-state index contributed by atoms with van der Waals surface area (Å²) in [6.45, 7) is 7.22. The first-order chi connectivity index (χ1) is 10.3. The van der Waals surface area contributed by atoms with Crippen LogP contribution in [-0.4, -0.2) is 23.0 Å². The second kappa shape index (κ2) is 6.44. The number of hydrogen-bond acceptors (Lipinski definition) is 6. The Labute approximate surface area is 134 Å². The molecule has 1 aliphatic heterocycles. The number of benzene rings is 1. The van der Waals surface area contributed by atoms with Crippen molar-refractivity contribution in [2.24, 2.45) is 0 Å². The van der Waals surface area contributed by atoms with Crippen LogP contribution in [0.1, 0.15) is 27.7 Å². The minimum Gasteiger partial charge on any atom is -0.419 e. The van der Waals surface area contributed by atoms with E-state index in [1.165, 1.54) is 20.0 Å². The van der Waals surface area contributed by atoms with Crippen molar-refractivity contribution in [3.05, 3.63) is 36.0 Å². The van der Waals surface area contributed by atoms with Gasteiger partial charge in [0.05, 0.1) is 5.69 Å². The Balaban J connectivity index is 2.18. The number of carbonyl (C=O) groups is 2. The van der Waals surface area contributed by atoms with Gasteiger partial charge in [0.2, 0.25) is 0 Å². The van der Waals surface area contributed by atoms with Gasteiger partial charge < -0.3 is 14.8 Å². The van der Waals surface area contributed by atoms with Crippen LogP contribution in [0.25, 0.3) is 0 Å². The lowest BCUT2D eigenvalue weighted by molar-refractivity contribution is -0.222. The van der Waals surface area contributed by atoms with Crippen molar-refractivity contribution in [1.29, 1.82) is 0 Å². The Hall–Kier alpha value is -1.95. The lowest BCUT2D eigenvalue weighted by Crippen LogP contribution is -2.42. The molecule has 0 atom stereocenters. The number of anilines is 1. The Morgan fingerprint density at radius 2 is 1.73 bits per heavy atom. The van der Waals surface area contributed by atoms with Crippen LogP contribution in [0, 0.1) is 0 Å². The quantitative estimate of drug-likeness (QED) is 0.397. The zero-order chi connectivity index (χ0) is 16.3. The summed E-state index contributed by atoms with van der Waals surface area (Å²) in [7, 11) is 0. The van der Waals surface area contributed by atoms with E-state index in [1.54, 1.807) is 11.8 Å². The van der Waals surface area contributed by atoms with E-state index in [0.29, 0.717) is 5.25 Å². The van der Waals surface area contributed by atoms with E-state index in [2.05, 4.69) is 19.2 Å². The van der Waals surface area contributed by atoms with E-state index in [4.69, 9.17) is 9.47 Å². The number of cyclic esters (lactones) is 2. The maximum atomic E-state index is 11.9. The normalized spacial score (nSPS) is 17.0. The first kappa shape index (κ1) is 16.4. The van der Waals surface area contributed by atoms with Crippen LogP contribution >= 0.6 is 11.8 Å². The lowest BCUT2D eigenvalue weighted by atomic mass is 10.2. The molecule has 1 heterocycles. The number of nitrogens with one attached hydrogen (secondary N) is 1. The number of thioether (sulfide) groups is 1. The minimum absolute atomic E-state index is 0.149. The summed E-state index contributed by atoms with van der Waals surface area (Å²) in [4.78, 5) is 24.8. The summed E-state index contributed by atoms with van der Waals surface area (Å²) >= 11 is 1.69. The van der Waals surface area contributed by atoms with Gasteiger partial charge in [-0.3, -0.25) is 0 Å². The van der Waals surface area contributed by atoms with Gasteiger partial charge in [-0.15, -0.1) is 11.8 Å². The zero-order valence-corrected chi connectivity index (χ0v) is 13.8. The van der Waals surface area contributed by atoms with Crippen LogP contribution < -0.4 is 5.32 Å². The highest BCUT2D eigenvalue weighted by Crippen LogP contribution is 2.30. The largest absolute Gasteiger partial charge is 0.419 e. The average Bonchev–Trinajstić information content (AvgIpc) is 2.37. The van der Waals surface area contributed by atoms with E-state index in [1.807, 2.05) is 24.3 Å². The van der Waals surface area contributed by atoms with E-state index >= 15 is 0 Å². The molecule has 118 valence electrons. The Kier molecular flexibility index (Phi) is 4.81. The number of ether oxygens (including phenoxy) is 2. The highest BCUT2D eigenvalue weighted by Gasteiger charge is 2.38. The number of rotatable bonds is 4. The first-order valence-electron chi connectivity index (χ1n) is 6.97. The molecule has 1 aliphatic rings. The number of para-hydroxylation sites is 1. The molecule has 1 fully saturated rings. The Bertz CT molecular complexity index is 600. The highest BCUT2D eigenvalue weighted by atomic mass is 32.2. The van der Waals surface area contributed by atoms with Crippen molar-refractivity contribution in [2.45, 2.75) is 43.6 Å². The molecule has 0 aromatic heterocycles. The van der Waals surface area contributed by atoms with Gasteiger partial charge in [-0.25, -0.2) is 9.59 Å². The fraction of sp³-hybridized carbons (Fsp3) is 0.375. The summed E-state index contributed by atoms with van der Waals surface area (Å²) < 4.78 is 10.1. The van der Waals surface area contributed by atoms with Gasteiger partial charge in [0.15, 0.2) is 5.57 Å². The maximum absolute atomic E-state index is 11.9. The van der Waals surface area contributed by atoms with Crippen LogP contribution in [0.4, 0.5) is 5.69 Å². The Morgan fingerprint density at radius 1 is 1.14 bits per heavy atom. The maximum Gasteiger partial charge on any atom is 0.350 e. The molecule has 2 rings (SSSR count). The molecule has 6 heteroatoms. The van der Waals surface area contributed by atoms with Gasteiger partial charge in [0.25, 0.3) is 5.79 Å². The SMILES string of the molecule is CC(C)Sc1ccccc1NC=C1C(=O)OC(C)(C)OC1=O. The molecular weight excluding hydrogens is 302 g/mol. The predicted octanol–water partition coefficient (Wildman–Crippen LogP) is 3.32. The van der Waals surface area contributed by atoms with Crippen molar-refractivity contribution in [3.63, 3.8) is 0 Å². The average molecular weight is 321 g/mol. The van der Waals surface area contributed by atoms with Crippen molar-refractivity contribution in [2.75, 3.05) is 5.32 Å². The molecule has 5 nitrogen and oxygen atoms in total. The molecule has 0 unspecified atom stereocenters. The topological polar surface area (TPSA) is 64.6 Å². The fourth-order valence-electron chi connectivity index (χ4n) is 1.87. The molecule has 1 saturated heterocycles. The lowest BCUT2D eigenvalue weighted by Gasteiger charge is -2.29. The van der Waals surface area contributed by atoms with E-state index in [0.717, 1.165) is 10.6 Å². The van der Waals surface area contributed by atoms with Crippen LogP contribution in [0.2, 0.25) is 0 Å². The highest BCUT2D eigenvalue weighted by molar-refractivity contribution is 8.00. The van der Waals surface area contributed by atoms with Gasteiger partial charge in [-0.2, -0.15) is 0 Å². The summed E-state index contributed by atoms with van der Waals surface area (Å²) in [5.41, 5.74) is 0.669. The van der Waals surface area contributed by atoms with E-state index in [-0.39, 0.29) is 5.57 Å². The number of hydrogen-bond donors (Lipinski definition) is 1. The summed E-state index contributed by atoms with van der Waals surface area (Å²) in [6.07, 6.45) is 1.33. The molecule has 1 N–H and O–H groups in total. The van der Waals surface area contributed by atoms with Gasteiger partial charge in [-0.1, -0.05) is 26.0 Å². The van der Waals surface area contributed by atoms with Crippen molar-refractivity contribution in [1.82, 2.24) is 0 Å². The van der Waals surface area contributed by atoms with Crippen LogP contribution in [0.5, 0.6) is 0 Å². The zero-order valence-electron chi connectivity index (χ0n) is 13.0. The van der Waals surface area contributed by atoms with E-state index < -0.39 is 17.7 Å². The van der Waals surface area contributed by atoms with E-state index in [9.17, 15) is 9.59 Å².